The van der Waals surface area contributed by atoms with Crippen LogP contribution in [0.1, 0.15) is 104 Å². The van der Waals surface area contributed by atoms with Crippen LogP contribution in [0.3, 0.4) is 0 Å². The number of Topliss-reactive ketones (excluding diaryl/α,β-unsaturated/α-hetero) is 1. The lowest BCUT2D eigenvalue weighted by Gasteiger charge is -2.56. The fourth-order valence-corrected chi connectivity index (χ4v) is 7.36. The number of carbonyl (C=O) groups excluding carboxylic acids is 3. The van der Waals surface area contributed by atoms with E-state index in [0.29, 0.717) is 31.0 Å². The Morgan fingerprint density at radius 2 is 1.71 bits per heavy atom. The molecule has 3 saturated carbocycles. The van der Waals surface area contributed by atoms with Crippen molar-refractivity contribution in [2.75, 3.05) is 0 Å². The van der Waals surface area contributed by atoms with Crippen molar-refractivity contribution in [3.05, 3.63) is 11.6 Å². The van der Waals surface area contributed by atoms with Gasteiger partial charge in [-0.15, -0.1) is 0 Å². The molecule has 0 aromatic heterocycles. The van der Waals surface area contributed by atoms with Gasteiger partial charge in [-0.3, -0.25) is 14.4 Å². The summed E-state index contributed by atoms with van der Waals surface area (Å²) in [6.45, 7) is 6.63. The van der Waals surface area contributed by atoms with Crippen LogP contribution >= 0.6 is 0 Å². The third-order valence-electron chi connectivity index (χ3n) is 9.39. The maximum Gasteiger partial charge on any atom is 0.306 e. The zero-order chi connectivity index (χ0) is 22.2. The van der Waals surface area contributed by atoms with Gasteiger partial charge in [0.25, 0.3) is 0 Å². The second kappa shape index (κ2) is 8.83. The van der Waals surface area contributed by atoms with Gasteiger partial charge in [-0.05, 0) is 61.9 Å². The number of allylic oxidation sites excluding steroid dienone is 1. The van der Waals surface area contributed by atoms with E-state index in [9.17, 15) is 14.4 Å². The Morgan fingerprint density at radius 3 is 2.48 bits per heavy atom. The molecule has 3 fully saturated rings. The number of hydrogen-bond donors (Lipinski definition) is 0. The van der Waals surface area contributed by atoms with Crippen molar-refractivity contribution in [1.82, 2.24) is 0 Å². The van der Waals surface area contributed by atoms with Crippen LogP contribution in [0.15, 0.2) is 11.6 Å². The molecule has 0 radical (unpaired) electrons. The third-order valence-corrected chi connectivity index (χ3v) is 9.39. The second-order valence-electron chi connectivity index (χ2n) is 11.2. The summed E-state index contributed by atoms with van der Waals surface area (Å²) in [5.74, 6) is 1.06. The predicted octanol–water partition coefficient (Wildman–Crippen LogP) is 5.97. The van der Waals surface area contributed by atoms with Crippen molar-refractivity contribution < 1.29 is 19.1 Å². The lowest BCUT2D eigenvalue weighted by Crippen LogP contribution is -2.53. The highest BCUT2D eigenvalue weighted by Crippen LogP contribution is 2.63. The maximum atomic E-state index is 13.3. The number of hydrogen-bond acceptors (Lipinski definition) is 4. The first kappa shape index (κ1) is 22.7. The first-order valence-electron chi connectivity index (χ1n) is 12.8. The summed E-state index contributed by atoms with van der Waals surface area (Å²) in [5.41, 5.74) is 0.912. The number of ether oxygens (including phenoxy) is 1. The average molecular weight is 429 g/mol. The van der Waals surface area contributed by atoms with Gasteiger partial charge in [0.15, 0.2) is 5.78 Å². The molecule has 4 aliphatic carbocycles. The van der Waals surface area contributed by atoms with Crippen LogP contribution in [-0.4, -0.2) is 23.6 Å². The van der Waals surface area contributed by atoms with Crippen molar-refractivity contribution in [3.63, 3.8) is 0 Å². The first-order valence-corrected chi connectivity index (χ1v) is 12.8. The van der Waals surface area contributed by atoms with Crippen LogP contribution in [0, 0.1) is 28.6 Å². The van der Waals surface area contributed by atoms with E-state index >= 15 is 0 Å². The van der Waals surface area contributed by atoms with Crippen molar-refractivity contribution in [2.24, 2.45) is 28.6 Å². The Bertz CT molecular complexity index is 767. The molecule has 0 heterocycles. The van der Waals surface area contributed by atoms with E-state index in [1.54, 1.807) is 0 Å². The third kappa shape index (κ3) is 4.04. The Kier molecular flexibility index (Phi) is 6.47. The molecule has 0 aromatic rings. The van der Waals surface area contributed by atoms with Crippen LogP contribution in [0.5, 0.6) is 0 Å². The van der Waals surface area contributed by atoms with E-state index in [1.165, 1.54) is 24.8 Å². The number of rotatable bonds is 7. The second-order valence-corrected chi connectivity index (χ2v) is 11.2. The van der Waals surface area contributed by atoms with Crippen LogP contribution in [-0.2, 0) is 19.1 Å². The van der Waals surface area contributed by atoms with E-state index < -0.39 is 0 Å². The molecule has 0 aliphatic heterocycles. The molecular formula is C27H40O4. The van der Waals surface area contributed by atoms with Gasteiger partial charge in [-0.25, -0.2) is 0 Å². The Labute approximate surface area is 187 Å². The van der Waals surface area contributed by atoms with Gasteiger partial charge in [-0.2, -0.15) is 0 Å². The van der Waals surface area contributed by atoms with Crippen molar-refractivity contribution in [3.8, 4) is 0 Å². The fourth-order valence-electron chi connectivity index (χ4n) is 7.36. The molecule has 0 saturated heterocycles. The van der Waals surface area contributed by atoms with Gasteiger partial charge in [0, 0.05) is 30.6 Å². The van der Waals surface area contributed by atoms with Gasteiger partial charge in [0.05, 0.1) is 0 Å². The van der Waals surface area contributed by atoms with Crippen molar-refractivity contribution >= 4 is 17.5 Å². The SMILES string of the molecule is CCCCCCCC(=O)O[C@H]1CC[C@@]2(C)C(=CC(=O)[C@@H]3[C@@H]2CC[C@]2(C)C(=O)CC[C@@H]32)C1. The normalized spacial score (nSPS) is 39.4. The minimum absolute atomic E-state index is 0.00108. The Morgan fingerprint density at radius 1 is 1.00 bits per heavy atom. The molecule has 0 amide bonds. The molecule has 172 valence electrons. The van der Waals surface area contributed by atoms with Crippen LogP contribution < -0.4 is 0 Å². The van der Waals surface area contributed by atoms with Gasteiger partial charge in [0.2, 0.25) is 0 Å². The first-order chi connectivity index (χ1) is 14.8. The smallest absolute Gasteiger partial charge is 0.306 e. The van der Waals surface area contributed by atoms with Crippen molar-refractivity contribution in [2.45, 2.75) is 110 Å². The highest BCUT2D eigenvalue weighted by Gasteiger charge is 2.61. The van der Waals surface area contributed by atoms with E-state index in [2.05, 4.69) is 20.8 Å². The monoisotopic (exact) mass is 428 g/mol. The largest absolute Gasteiger partial charge is 0.462 e. The summed E-state index contributed by atoms with van der Waals surface area (Å²) in [7, 11) is 0. The summed E-state index contributed by atoms with van der Waals surface area (Å²) >= 11 is 0. The quantitative estimate of drug-likeness (QED) is 0.370. The lowest BCUT2D eigenvalue weighted by molar-refractivity contribution is -0.152. The van der Waals surface area contributed by atoms with E-state index in [-0.39, 0.29) is 40.5 Å². The predicted molar refractivity (Wildman–Crippen MR) is 120 cm³/mol. The van der Waals surface area contributed by atoms with Gasteiger partial charge in [-0.1, -0.05) is 52.0 Å². The topological polar surface area (TPSA) is 60.4 Å². The zero-order valence-corrected chi connectivity index (χ0v) is 19.7. The number of ketones is 2. The van der Waals surface area contributed by atoms with E-state index in [0.717, 1.165) is 44.9 Å². The molecule has 0 N–H and O–H groups in total. The van der Waals surface area contributed by atoms with Gasteiger partial charge >= 0.3 is 5.97 Å². The van der Waals surface area contributed by atoms with Crippen LogP contribution in [0.4, 0.5) is 0 Å². The number of fused-ring (bicyclic) bond motifs is 5. The maximum absolute atomic E-state index is 13.3. The minimum Gasteiger partial charge on any atom is -0.462 e. The summed E-state index contributed by atoms with van der Waals surface area (Å²) in [5, 5.41) is 0. The molecule has 0 unspecified atom stereocenters. The van der Waals surface area contributed by atoms with E-state index in [4.69, 9.17) is 4.74 Å². The van der Waals surface area contributed by atoms with Gasteiger partial charge < -0.3 is 4.74 Å². The van der Waals surface area contributed by atoms with Crippen LogP contribution in [0.2, 0.25) is 0 Å². The number of unbranched alkanes of at least 4 members (excludes halogenated alkanes) is 4. The molecule has 6 atom stereocenters. The summed E-state index contributed by atoms with van der Waals surface area (Å²) < 4.78 is 5.83. The Balaban J connectivity index is 1.41. The molecule has 4 heteroatoms. The highest BCUT2D eigenvalue weighted by atomic mass is 16.5. The summed E-state index contributed by atoms with van der Waals surface area (Å²) in [4.78, 5) is 38.2. The standard InChI is InChI=1S/C27H40O4/c1-4-5-6-7-8-9-24(30)31-19-12-14-26(2)18(16-19)17-22(28)25-20-10-11-23(29)27(20,3)15-13-21(25)26/h17,19-21,25H,4-16H2,1-3H3/t19-,20-,21-,25-,26-,27-/m0/s1. The Hall–Kier alpha value is -1.45. The van der Waals surface area contributed by atoms with Crippen molar-refractivity contribution in [1.29, 1.82) is 0 Å². The molecule has 4 nitrogen and oxygen atoms in total. The number of carbonyl (C=O) groups is 3. The molecule has 0 spiro atoms. The minimum atomic E-state index is -0.289. The molecule has 31 heavy (non-hydrogen) atoms. The molecule has 0 bridgehead atoms. The van der Waals surface area contributed by atoms with Crippen LogP contribution in [0.25, 0.3) is 0 Å². The average Bonchev–Trinajstić information content (AvgIpc) is 3.04. The van der Waals surface area contributed by atoms with E-state index in [1.807, 2.05) is 6.08 Å². The summed E-state index contributed by atoms with van der Waals surface area (Å²) in [6, 6.07) is 0. The summed E-state index contributed by atoms with van der Waals surface area (Å²) in [6.07, 6.45) is 13.9. The van der Waals surface area contributed by atoms with Gasteiger partial charge in [0.1, 0.15) is 11.9 Å². The zero-order valence-electron chi connectivity index (χ0n) is 19.7. The number of esters is 1. The lowest BCUT2D eigenvalue weighted by atomic mass is 9.48. The highest BCUT2D eigenvalue weighted by molar-refractivity contribution is 5.96. The molecule has 4 aliphatic rings. The molecular weight excluding hydrogens is 388 g/mol. The molecule has 0 aromatic carbocycles. The molecule has 4 rings (SSSR count). The fraction of sp³-hybridized carbons (Fsp3) is 0.815.